The lowest BCUT2D eigenvalue weighted by Gasteiger charge is -2.23. The van der Waals surface area contributed by atoms with Crippen LogP contribution in [0.1, 0.15) is 17.2 Å². The molecule has 8 heteroatoms. The van der Waals surface area contributed by atoms with Crippen molar-refractivity contribution in [3.63, 3.8) is 0 Å². The maximum atomic E-state index is 13.4. The van der Waals surface area contributed by atoms with Crippen LogP contribution in [0.2, 0.25) is 5.02 Å². The van der Waals surface area contributed by atoms with Crippen LogP contribution in [0, 0.1) is 5.82 Å². The topological polar surface area (TPSA) is 58.6 Å². The molecule has 1 N–H and O–H groups in total. The molecule has 2 unspecified atom stereocenters. The normalized spacial score (nSPS) is 21.2. The van der Waals surface area contributed by atoms with Gasteiger partial charge in [-0.25, -0.2) is 17.5 Å². The van der Waals surface area contributed by atoms with Crippen LogP contribution >= 0.6 is 11.6 Å². The van der Waals surface area contributed by atoms with Gasteiger partial charge in [0.05, 0.1) is 17.7 Å². The van der Waals surface area contributed by atoms with Crippen LogP contribution in [0.25, 0.3) is 0 Å². The summed E-state index contributed by atoms with van der Waals surface area (Å²) in [7, 11) is -1.98. The van der Waals surface area contributed by atoms with Crippen LogP contribution in [-0.2, 0) is 21.3 Å². The van der Waals surface area contributed by atoms with Crippen molar-refractivity contribution in [1.29, 1.82) is 0 Å². The SMILES string of the molecule is CN1OCC(S(=O)(=O)NCCc2ccccc2)C1c1ccc(F)c(Cl)c1. The minimum atomic E-state index is -3.64. The van der Waals surface area contributed by atoms with E-state index in [2.05, 4.69) is 4.72 Å². The van der Waals surface area contributed by atoms with Crippen LogP contribution in [0.3, 0.4) is 0 Å². The highest BCUT2D eigenvalue weighted by Crippen LogP contribution is 2.34. The largest absolute Gasteiger partial charge is 0.297 e. The summed E-state index contributed by atoms with van der Waals surface area (Å²) in [4.78, 5) is 5.43. The Balaban J connectivity index is 1.73. The van der Waals surface area contributed by atoms with E-state index in [0.29, 0.717) is 18.5 Å². The highest BCUT2D eigenvalue weighted by atomic mass is 35.5. The maximum Gasteiger partial charge on any atom is 0.218 e. The van der Waals surface area contributed by atoms with Gasteiger partial charge in [-0.3, -0.25) is 4.84 Å². The highest BCUT2D eigenvalue weighted by molar-refractivity contribution is 7.90. The van der Waals surface area contributed by atoms with Crippen LogP contribution in [-0.4, -0.2) is 38.9 Å². The van der Waals surface area contributed by atoms with Crippen LogP contribution in [0.4, 0.5) is 4.39 Å². The number of nitrogens with zero attached hydrogens (tertiary/aromatic N) is 1. The van der Waals surface area contributed by atoms with E-state index in [1.807, 2.05) is 30.3 Å². The van der Waals surface area contributed by atoms with Gasteiger partial charge in [-0.05, 0) is 29.7 Å². The van der Waals surface area contributed by atoms with E-state index in [0.717, 1.165) is 5.56 Å². The molecule has 26 heavy (non-hydrogen) atoms. The Morgan fingerprint density at radius 2 is 2.00 bits per heavy atom. The van der Waals surface area contributed by atoms with Gasteiger partial charge in [0.15, 0.2) is 0 Å². The molecule has 1 aliphatic heterocycles. The zero-order chi connectivity index (χ0) is 18.7. The summed E-state index contributed by atoms with van der Waals surface area (Å²) in [6, 6.07) is 13.3. The molecule has 140 valence electrons. The van der Waals surface area contributed by atoms with Crippen molar-refractivity contribution in [3.05, 3.63) is 70.5 Å². The Bertz CT molecular complexity index is 864. The maximum absolute atomic E-state index is 13.4. The average molecular weight is 399 g/mol. The van der Waals surface area contributed by atoms with Crippen molar-refractivity contribution >= 4 is 21.6 Å². The zero-order valence-corrected chi connectivity index (χ0v) is 15.8. The number of rotatable bonds is 6. The lowest BCUT2D eigenvalue weighted by atomic mass is 10.0. The summed E-state index contributed by atoms with van der Waals surface area (Å²) in [5.74, 6) is -0.544. The Hall–Kier alpha value is -1.51. The fourth-order valence-electron chi connectivity index (χ4n) is 3.07. The minimum Gasteiger partial charge on any atom is -0.297 e. The first-order chi connectivity index (χ1) is 12.4. The number of halogens is 2. The summed E-state index contributed by atoms with van der Waals surface area (Å²) < 4.78 is 41.6. The molecule has 2 aromatic carbocycles. The third-order valence-electron chi connectivity index (χ3n) is 4.43. The third-order valence-corrected chi connectivity index (χ3v) is 6.52. The molecule has 0 aromatic heterocycles. The zero-order valence-electron chi connectivity index (χ0n) is 14.2. The molecule has 1 aliphatic rings. The van der Waals surface area contributed by atoms with Crippen molar-refractivity contribution in [2.45, 2.75) is 17.7 Å². The number of hydrogen-bond acceptors (Lipinski definition) is 4. The van der Waals surface area contributed by atoms with E-state index < -0.39 is 27.1 Å². The molecule has 2 aromatic rings. The number of sulfonamides is 1. The number of hydrogen-bond donors (Lipinski definition) is 1. The Morgan fingerprint density at radius 3 is 2.69 bits per heavy atom. The number of hydroxylamine groups is 2. The van der Waals surface area contributed by atoms with E-state index in [4.69, 9.17) is 16.4 Å². The lowest BCUT2D eigenvalue weighted by Crippen LogP contribution is -2.40. The second kappa shape index (κ2) is 8.02. The molecule has 0 aliphatic carbocycles. The monoisotopic (exact) mass is 398 g/mol. The van der Waals surface area contributed by atoms with Gasteiger partial charge in [-0.15, -0.1) is 0 Å². The summed E-state index contributed by atoms with van der Waals surface area (Å²) >= 11 is 5.85. The Kier molecular flexibility index (Phi) is 5.94. The molecule has 0 bridgehead atoms. The van der Waals surface area contributed by atoms with E-state index in [9.17, 15) is 12.8 Å². The van der Waals surface area contributed by atoms with Gasteiger partial charge in [0.1, 0.15) is 11.1 Å². The molecule has 5 nitrogen and oxygen atoms in total. The second-order valence-corrected chi connectivity index (χ2v) is 8.57. The van der Waals surface area contributed by atoms with Gasteiger partial charge in [-0.2, -0.15) is 5.06 Å². The molecule has 0 amide bonds. The Labute approximate surface area is 157 Å². The molecule has 0 spiro atoms. The molecule has 0 radical (unpaired) electrons. The van der Waals surface area contributed by atoms with Gasteiger partial charge >= 0.3 is 0 Å². The van der Waals surface area contributed by atoms with Gasteiger partial charge in [-0.1, -0.05) is 48.0 Å². The van der Waals surface area contributed by atoms with Gasteiger partial charge in [0.2, 0.25) is 10.0 Å². The molecular formula is C18H20ClFN2O3S. The van der Waals surface area contributed by atoms with Crippen molar-refractivity contribution in [3.8, 4) is 0 Å². The van der Waals surface area contributed by atoms with Crippen molar-refractivity contribution in [2.75, 3.05) is 20.2 Å². The van der Waals surface area contributed by atoms with E-state index >= 15 is 0 Å². The van der Waals surface area contributed by atoms with Gasteiger partial charge in [0, 0.05) is 13.6 Å². The third kappa shape index (κ3) is 4.24. The van der Waals surface area contributed by atoms with E-state index in [1.54, 1.807) is 7.05 Å². The molecule has 0 saturated carbocycles. The van der Waals surface area contributed by atoms with Gasteiger partial charge < -0.3 is 0 Å². The van der Waals surface area contributed by atoms with Crippen molar-refractivity contribution in [2.24, 2.45) is 0 Å². The van der Waals surface area contributed by atoms with Crippen LogP contribution in [0.15, 0.2) is 48.5 Å². The van der Waals surface area contributed by atoms with Gasteiger partial charge in [0.25, 0.3) is 0 Å². The minimum absolute atomic E-state index is 0.0246. The molecule has 1 fully saturated rings. The summed E-state index contributed by atoms with van der Waals surface area (Å²) in [5, 5.41) is 0.616. The first-order valence-corrected chi connectivity index (χ1v) is 10.1. The first-order valence-electron chi connectivity index (χ1n) is 8.21. The van der Waals surface area contributed by atoms with E-state index in [-0.39, 0.29) is 11.6 Å². The van der Waals surface area contributed by atoms with E-state index in [1.165, 1.54) is 23.3 Å². The van der Waals surface area contributed by atoms with Crippen molar-refractivity contribution in [1.82, 2.24) is 9.79 Å². The fraction of sp³-hybridized carbons (Fsp3) is 0.333. The van der Waals surface area contributed by atoms with Crippen molar-refractivity contribution < 1.29 is 17.6 Å². The summed E-state index contributed by atoms with van der Waals surface area (Å²) in [6.45, 7) is 0.320. The predicted molar refractivity (Wildman–Crippen MR) is 98.7 cm³/mol. The summed E-state index contributed by atoms with van der Waals surface area (Å²) in [6.07, 6.45) is 0.594. The van der Waals surface area contributed by atoms with Crippen LogP contribution in [0.5, 0.6) is 0 Å². The highest BCUT2D eigenvalue weighted by Gasteiger charge is 2.43. The summed E-state index contributed by atoms with van der Waals surface area (Å²) in [5.41, 5.74) is 1.65. The molecule has 2 atom stereocenters. The lowest BCUT2D eigenvalue weighted by molar-refractivity contribution is -0.110. The fourth-order valence-corrected chi connectivity index (χ4v) is 4.76. The molecule has 1 heterocycles. The predicted octanol–water partition coefficient (Wildman–Crippen LogP) is 2.93. The van der Waals surface area contributed by atoms with Crippen LogP contribution < -0.4 is 4.72 Å². The standard InChI is InChI=1S/C18H20ClFN2O3S/c1-22-18(14-7-8-16(20)15(19)11-14)17(12-25-22)26(23,24)21-10-9-13-5-3-2-4-6-13/h2-8,11,17-18,21H,9-10,12H2,1H3. The number of nitrogens with one attached hydrogen (secondary N) is 1. The first kappa shape index (κ1) is 19.3. The molecular weight excluding hydrogens is 379 g/mol. The average Bonchev–Trinajstić information content (AvgIpc) is 3.01. The quantitative estimate of drug-likeness (QED) is 0.812. The molecule has 1 saturated heterocycles. The smallest absolute Gasteiger partial charge is 0.218 e. The number of benzene rings is 2. The Morgan fingerprint density at radius 1 is 1.27 bits per heavy atom. The molecule has 3 rings (SSSR count). The second-order valence-electron chi connectivity index (χ2n) is 6.17.